The lowest BCUT2D eigenvalue weighted by molar-refractivity contribution is -0.507. The van der Waals surface area contributed by atoms with E-state index in [0.717, 1.165) is 28.6 Å². The monoisotopic (exact) mass is 398 g/mol. The molecule has 0 unspecified atom stereocenters. The quantitative estimate of drug-likeness (QED) is 0.240. The molecule has 2 atom stereocenters. The predicted molar refractivity (Wildman–Crippen MR) is 117 cm³/mol. The Balaban J connectivity index is 1.95. The summed E-state index contributed by atoms with van der Waals surface area (Å²) >= 11 is 0. The molecule has 150 valence electrons. The number of aromatic nitrogens is 1. The van der Waals surface area contributed by atoms with Gasteiger partial charge in [-0.15, -0.1) is 0 Å². The van der Waals surface area contributed by atoms with Gasteiger partial charge in [-0.2, -0.15) is 0 Å². The van der Waals surface area contributed by atoms with E-state index in [1.54, 1.807) is 30.3 Å². The number of ketones is 1. The molecular weight excluding hydrogens is 376 g/mol. The molecule has 1 aromatic heterocycles. The normalized spacial score (nSPS) is 13.1. The Kier molecular flexibility index (Phi) is 5.44. The Morgan fingerprint density at radius 2 is 1.53 bits per heavy atom. The van der Waals surface area contributed by atoms with Crippen LogP contribution < -0.4 is 0 Å². The second-order valence-corrected chi connectivity index (χ2v) is 7.24. The molecule has 4 rings (SSSR count). The maximum absolute atomic E-state index is 13.3. The minimum atomic E-state index is -1.43. The second-order valence-electron chi connectivity index (χ2n) is 7.24. The fourth-order valence-corrected chi connectivity index (χ4v) is 4.12. The molecule has 0 N–H and O–H groups in total. The Morgan fingerprint density at radius 1 is 0.933 bits per heavy atom. The molecule has 3 aromatic carbocycles. The number of rotatable bonds is 7. The summed E-state index contributed by atoms with van der Waals surface area (Å²) in [5.41, 5.74) is 2.90. The van der Waals surface area contributed by atoms with Gasteiger partial charge < -0.3 is 4.57 Å². The van der Waals surface area contributed by atoms with E-state index in [-0.39, 0.29) is 0 Å². The van der Waals surface area contributed by atoms with Crippen LogP contribution in [0.1, 0.15) is 34.3 Å². The van der Waals surface area contributed by atoms with Gasteiger partial charge in [0, 0.05) is 34.1 Å². The molecule has 0 aliphatic rings. The zero-order chi connectivity index (χ0) is 21.1. The standard InChI is InChI=1S/C25H22N2O3/c1-2-26-17-21(20-15-9-10-16-22(20)26)23(18-11-5-3-6-12-18)24(27(29)30)25(28)19-13-7-4-8-14-19/h3-17,23-24H,2H2,1H3/t23-,24-/m1/s1. The van der Waals surface area contributed by atoms with Crippen molar-refractivity contribution in [1.29, 1.82) is 0 Å². The third-order valence-corrected chi connectivity index (χ3v) is 5.52. The third kappa shape index (κ3) is 3.50. The van der Waals surface area contributed by atoms with Crippen molar-refractivity contribution in [3.63, 3.8) is 0 Å². The first-order valence-corrected chi connectivity index (χ1v) is 9.97. The number of nitrogens with zero attached hydrogens (tertiary/aromatic N) is 2. The average molecular weight is 398 g/mol. The molecule has 0 radical (unpaired) electrons. The van der Waals surface area contributed by atoms with Crippen molar-refractivity contribution in [3.8, 4) is 0 Å². The Bertz CT molecular complexity index is 1180. The highest BCUT2D eigenvalue weighted by Gasteiger charge is 2.42. The lowest BCUT2D eigenvalue weighted by Gasteiger charge is -2.21. The molecule has 5 nitrogen and oxygen atoms in total. The molecule has 0 amide bonds. The summed E-state index contributed by atoms with van der Waals surface area (Å²) in [6.07, 6.45) is 1.96. The number of hydrogen-bond donors (Lipinski definition) is 0. The van der Waals surface area contributed by atoms with Crippen LogP contribution in [-0.2, 0) is 6.54 Å². The summed E-state index contributed by atoms with van der Waals surface area (Å²) in [7, 11) is 0. The zero-order valence-electron chi connectivity index (χ0n) is 16.6. The van der Waals surface area contributed by atoms with E-state index in [4.69, 9.17) is 0 Å². The summed E-state index contributed by atoms with van der Waals surface area (Å²) in [6, 6.07) is 24.2. The first-order valence-electron chi connectivity index (χ1n) is 9.97. The van der Waals surface area contributed by atoms with E-state index in [1.807, 2.05) is 67.7 Å². The van der Waals surface area contributed by atoms with Crippen LogP contribution in [0.15, 0.2) is 91.1 Å². The fourth-order valence-electron chi connectivity index (χ4n) is 4.12. The number of nitro groups is 1. The third-order valence-electron chi connectivity index (χ3n) is 5.52. The van der Waals surface area contributed by atoms with Gasteiger partial charge in [-0.25, -0.2) is 0 Å². The van der Waals surface area contributed by atoms with Gasteiger partial charge in [0.25, 0.3) is 6.04 Å². The molecule has 0 bridgehead atoms. The van der Waals surface area contributed by atoms with Crippen LogP contribution in [0.5, 0.6) is 0 Å². The van der Waals surface area contributed by atoms with Crippen molar-refractivity contribution in [2.45, 2.75) is 25.4 Å². The number of Topliss-reactive ketones (excluding diaryl/α,β-unsaturated/α-hetero) is 1. The summed E-state index contributed by atoms with van der Waals surface area (Å²) < 4.78 is 2.07. The van der Waals surface area contributed by atoms with Crippen molar-refractivity contribution in [3.05, 3.63) is 118 Å². The molecule has 1 heterocycles. The minimum absolute atomic E-state index is 0.347. The average Bonchev–Trinajstić information content (AvgIpc) is 3.16. The molecule has 5 heteroatoms. The minimum Gasteiger partial charge on any atom is -0.347 e. The summed E-state index contributed by atoms with van der Waals surface area (Å²) in [5, 5.41) is 13.2. The van der Waals surface area contributed by atoms with Crippen molar-refractivity contribution >= 4 is 16.7 Å². The molecular formula is C25H22N2O3. The van der Waals surface area contributed by atoms with Gasteiger partial charge in [-0.1, -0.05) is 78.9 Å². The predicted octanol–water partition coefficient (Wildman–Crippen LogP) is 5.32. The van der Waals surface area contributed by atoms with Crippen molar-refractivity contribution < 1.29 is 9.72 Å². The van der Waals surface area contributed by atoms with Crippen LogP contribution >= 0.6 is 0 Å². The zero-order valence-corrected chi connectivity index (χ0v) is 16.6. The highest BCUT2D eigenvalue weighted by atomic mass is 16.6. The highest BCUT2D eigenvalue weighted by molar-refractivity contribution is 6.01. The van der Waals surface area contributed by atoms with E-state index in [9.17, 15) is 14.9 Å². The lowest BCUT2D eigenvalue weighted by atomic mass is 9.82. The van der Waals surface area contributed by atoms with Crippen LogP contribution in [0.3, 0.4) is 0 Å². The number of hydrogen-bond acceptors (Lipinski definition) is 3. The summed E-state index contributed by atoms with van der Waals surface area (Å²) in [4.78, 5) is 25.2. The number of carbonyl (C=O) groups is 1. The molecule has 0 fully saturated rings. The van der Waals surface area contributed by atoms with Gasteiger partial charge in [-0.3, -0.25) is 14.9 Å². The molecule has 0 saturated carbocycles. The maximum Gasteiger partial charge on any atom is 0.285 e. The molecule has 0 saturated heterocycles. The van der Waals surface area contributed by atoms with Crippen LogP contribution in [0, 0.1) is 10.1 Å². The summed E-state index contributed by atoms with van der Waals surface area (Å²) in [6.45, 7) is 2.77. The van der Waals surface area contributed by atoms with Gasteiger partial charge in [0.15, 0.2) is 0 Å². The molecule has 0 aliphatic carbocycles. The van der Waals surface area contributed by atoms with Crippen LogP contribution in [0.2, 0.25) is 0 Å². The van der Waals surface area contributed by atoms with Crippen LogP contribution in [-0.4, -0.2) is 21.3 Å². The molecule has 0 aliphatic heterocycles. The van der Waals surface area contributed by atoms with E-state index < -0.39 is 22.7 Å². The second kappa shape index (κ2) is 8.33. The number of para-hydroxylation sites is 1. The van der Waals surface area contributed by atoms with Crippen molar-refractivity contribution in [2.75, 3.05) is 0 Å². The van der Waals surface area contributed by atoms with Gasteiger partial charge in [0.05, 0.1) is 5.92 Å². The summed E-state index contributed by atoms with van der Waals surface area (Å²) in [5.74, 6) is -1.19. The first-order chi connectivity index (χ1) is 14.6. The molecule has 30 heavy (non-hydrogen) atoms. The van der Waals surface area contributed by atoms with E-state index in [1.165, 1.54) is 0 Å². The van der Waals surface area contributed by atoms with E-state index >= 15 is 0 Å². The van der Waals surface area contributed by atoms with Crippen LogP contribution in [0.25, 0.3) is 10.9 Å². The number of fused-ring (bicyclic) bond motifs is 1. The molecule has 0 spiro atoms. The lowest BCUT2D eigenvalue weighted by Crippen LogP contribution is -2.36. The number of carbonyl (C=O) groups excluding carboxylic acids is 1. The number of aryl methyl sites for hydroxylation is 1. The SMILES string of the molecule is CCn1cc([C@@H](c2ccccc2)[C@H](C(=O)c2ccccc2)[N+](=O)[O-])c2ccccc21. The molecule has 4 aromatic rings. The smallest absolute Gasteiger partial charge is 0.285 e. The Hall–Kier alpha value is -3.73. The number of benzene rings is 3. The topological polar surface area (TPSA) is 65.1 Å². The van der Waals surface area contributed by atoms with Gasteiger partial charge in [0.2, 0.25) is 5.78 Å². The first kappa shape index (κ1) is 19.6. The van der Waals surface area contributed by atoms with E-state index in [0.29, 0.717) is 5.56 Å². The highest BCUT2D eigenvalue weighted by Crippen LogP contribution is 2.37. The van der Waals surface area contributed by atoms with Gasteiger partial charge in [-0.05, 0) is 24.1 Å². The Labute approximate surface area is 174 Å². The maximum atomic E-state index is 13.3. The van der Waals surface area contributed by atoms with Gasteiger partial charge >= 0.3 is 0 Å². The fraction of sp³-hybridized carbons (Fsp3) is 0.160. The van der Waals surface area contributed by atoms with Crippen LogP contribution in [0.4, 0.5) is 0 Å². The van der Waals surface area contributed by atoms with E-state index in [2.05, 4.69) is 4.57 Å². The van der Waals surface area contributed by atoms with Crippen molar-refractivity contribution in [1.82, 2.24) is 4.57 Å². The Morgan fingerprint density at radius 3 is 2.17 bits per heavy atom. The van der Waals surface area contributed by atoms with Crippen molar-refractivity contribution in [2.24, 2.45) is 0 Å². The largest absolute Gasteiger partial charge is 0.347 e. The van der Waals surface area contributed by atoms with Gasteiger partial charge in [0.1, 0.15) is 0 Å².